The van der Waals surface area contributed by atoms with Gasteiger partial charge in [0.15, 0.2) is 11.6 Å². The van der Waals surface area contributed by atoms with Gasteiger partial charge in [0, 0.05) is 6.54 Å². The van der Waals surface area contributed by atoms with Crippen LogP contribution in [0.4, 0.5) is 8.78 Å². The highest BCUT2D eigenvalue weighted by Gasteiger charge is 2.15. The Hall–Kier alpha value is -1.49. The van der Waals surface area contributed by atoms with Gasteiger partial charge in [0.25, 0.3) is 0 Å². The summed E-state index contributed by atoms with van der Waals surface area (Å²) in [5.74, 6) is -2.77. The molecule has 17 heavy (non-hydrogen) atoms. The zero-order valence-electron chi connectivity index (χ0n) is 9.54. The first-order valence-electron chi connectivity index (χ1n) is 5.44. The van der Waals surface area contributed by atoms with Gasteiger partial charge in [-0.1, -0.05) is 19.4 Å². The number of nitrogens with one attached hydrogen (secondary N) is 1. The Morgan fingerprint density at radius 3 is 2.65 bits per heavy atom. The van der Waals surface area contributed by atoms with Crippen LogP contribution in [0.25, 0.3) is 0 Å². The maximum absolute atomic E-state index is 12.9. The van der Waals surface area contributed by atoms with Gasteiger partial charge in [0.1, 0.15) is 6.04 Å². The van der Waals surface area contributed by atoms with E-state index in [1.54, 1.807) is 0 Å². The van der Waals surface area contributed by atoms with Crippen molar-refractivity contribution in [2.75, 3.05) is 0 Å². The van der Waals surface area contributed by atoms with Crippen LogP contribution in [-0.4, -0.2) is 17.1 Å². The Kier molecular flexibility index (Phi) is 5.03. The molecule has 0 heterocycles. The fourth-order valence-corrected chi connectivity index (χ4v) is 1.49. The van der Waals surface area contributed by atoms with Crippen LogP contribution in [-0.2, 0) is 11.3 Å². The molecule has 0 saturated heterocycles. The average Bonchev–Trinajstić information content (AvgIpc) is 2.28. The third-order valence-corrected chi connectivity index (χ3v) is 2.41. The average molecular weight is 243 g/mol. The highest BCUT2D eigenvalue weighted by Crippen LogP contribution is 2.09. The molecule has 1 unspecified atom stereocenters. The van der Waals surface area contributed by atoms with E-state index in [-0.39, 0.29) is 6.54 Å². The summed E-state index contributed by atoms with van der Waals surface area (Å²) < 4.78 is 25.5. The van der Waals surface area contributed by atoms with Crippen molar-refractivity contribution in [2.45, 2.75) is 32.4 Å². The fourth-order valence-electron chi connectivity index (χ4n) is 1.49. The zero-order chi connectivity index (χ0) is 12.8. The van der Waals surface area contributed by atoms with Crippen molar-refractivity contribution in [3.05, 3.63) is 35.4 Å². The second-order valence-corrected chi connectivity index (χ2v) is 3.81. The van der Waals surface area contributed by atoms with E-state index in [0.717, 1.165) is 18.6 Å². The monoisotopic (exact) mass is 243 g/mol. The first kappa shape index (κ1) is 13.6. The molecule has 1 aromatic rings. The van der Waals surface area contributed by atoms with Crippen molar-refractivity contribution in [1.29, 1.82) is 0 Å². The summed E-state index contributed by atoms with van der Waals surface area (Å²) in [7, 11) is 0. The van der Waals surface area contributed by atoms with E-state index in [2.05, 4.69) is 5.32 Å². The summed E-state index contributed by atoms with van der Waals surface area (Å²) in [4.78, 5) is 10.8. The van der Waals surface area contributed by atoms with E-state index in [1.807, 2.05) is 6.92 Å². The molecule has 0 bridgehead atoms. The maximum Gasteiger partial charge on any atom is 0.320 e. The van der Waals surface area contributed by atoms with Gasteiger partial charge < -0.3 is 10.4 Å². The molecule has 2 N–H and O–H groups in total. The highest BCUT2D eigenvalue weighted by atomic mass is 19.2. The molecule has 0 fully saturated rings. The van der Waals surface area contributed by atoms with Gasteiger partial charge in [-0.2, -0.15) is 0 Å². The van der Waals surface area contributed by atoms with Crippen LogP contribution in [0, 0.1) is 11.6 Å². The molecule has 0 aliphatic heterocycles. The van der Waals surface area contributed by atoms with Crippen molar-refractivity contribution in [3.63, 3.8) is 0 Å². The molecule has 5 heteroatoms. The third kappa shape index (κ3) is 4.11. The van der Waals surface area contributed by atoms with Gasteiger partial charge in [0.05, 0.1) is 0 Å². The summed E-state index contributed by atoms with van der Waals surface area (Å²) in [6.45, 7) is 2.09. The van der Waals surface area contributed by atoms with E-state index >= 15 is 0 Å². The lowest BCUT2D eigenvalue weighted by Crippen LogP contribution is -2.36. The second kappa shape index (κ2) is 6.30. The topological polar surface area (TPSA) is 49.3 Å². The molecule has 0 spiro atoms. The molecular formula is C12H15F2NO2. The van der Waals surface area contributed by atoms with E-state index in [1.165, 1.54) is 6.07 Å². The molecule has 1 aromatic carbocycles. The molecule has 94 valence electrons. The largest absolute Gasteiger partial charge is 0.480 e. The molecule has 0 aromatic heterocycles. The zero-order valence-corrected chi connectivity index (χ0v) is 9.54. The summed E-state index contributed by atoms with van der Waals surface area (Å²) >= 11 is 0. The smallest absolute Gasteiger partial charge is 0.320 e. The first-order valence-corrected chi connectivity index (χ1v) is 5.44. The molecule has 0 aliphatic rings. The van der Waals surface area contributed by atoms with E-state index < -0.39 is 23.6 Å². The van der Waals surface area contributed by atoms with Gasteiger partial charge in [-0.05, 0) is 24.1 Å². The highest BCUT2D eigenvalue weighted by molar-refractivity contribution is 5.73. The minimum atomic E-state index is -0.936. The minimum Gasteiger partial charge on any atom is -0.480 e. The lowest BCUT2D eigenvalue weighted by atomic mass is 10.1. The molecule has 1 rings (SSSR count). The summed E-state index contributed by atoms with van der Waals surface area (Å²) in [6, 6.07) is 2.86. The number of benzene rings is 1. The number of hydrogen-bond donors (Lipinski definition) is 2. The number of carbonyl (C=O) groups is 1. The predicted molar refractivity (Wildman–Crippen MR) is 59.5 cm³/mol. The van der Waals surface area contributed by atoms with Gasteiger partial charge in [-0.15, -0.1) is 0 Å². The molecule has 3 nitrogen and oxygen atoms in total. The number of carboxylic acids is 1. The van der Waals surface area contributed by atoms with Gasteiger partial charge in [0.2, 0.25) is 0 Å². The number of aliphatic carboxylic acids is 1. The van der Waals surface area contributed by atoms with Crippen molar-refractivity contribution in [3.8, 4) is 0 Å². The third-order valence-electron chi connectivity index (χ3n) is 2.41. The van der Waals surface area contributed by atoms with E-state index in [9.17, 15) is 13.6 Å². The van der Waals surface area contributed by atoms with Gasteiger partial charge >= 0.3 is 5.97 Å². The number of halogens is 2. The van der Waals surface area contributed by atoms with Crippen molar-refractivity contribution in [1.82, 2.24) is 5.32 Å². The van der Waals surface area contributed by atoms with Gasteiger partial charge in [-0.3, -0.25) is 4.79 Å². The van der Waals surface area contributed by atoms with Crippen LogP contribution in [0.15, 0.2) is 18.2 Å². The molecule has 0 aliphatic carbocycles. The van der Waals surface area contributed by atoms with Crippen molar-refractivity contribution in [2.24, 2.45) is 0 Å². The summed E-state index contributed by atoms with van der Waals surface area (Å²) in [5.41, 5.74) is 0.520. The Bertz CT molecular complexity index is 396. The van der Waals surface area contributed by atoms with Crippen LogP contribution < -0.4 is 5.32 Å². The normalized spacial score (nSPS) is 12.4. The fraction of sp³-hybridized carbons (Fsp3) is 0.417. The van der Waals surface area contributed by atoms with Crippen LogP contribution in [0.5, 0.6) is 0 Å². The molecule has 0 amide bonds. The summed E-state index contributed by atoms with van der Waals surface area (Å²) in [5, 5.41) is 11.7. The molecule has 1 atom stereocenters. The minimum absolute atomic E-state index is 0.203. The lowest BCUT2D eigenvalue weighted by molar-refractivity contribution is -0.139. The summed E-state index contributed by atoms with van der Waals surface area (Å²) in [6.07, 6.45) is 1.24. The molecule has 0 radical (unpaired) electrons. The second-order valence-electron chi connectivity index (χ2n) is 3.81. The maximum atomic E-state index is 12.9. The number of rotatable bonds is 6. The van der Waals surface area contributed by atoms with Crippen LogP contribution in [0.2, 0.25) is 0 Å². The standard InChI is InChI=1S/C12H15F2NO2/c1-2-3-11(12(16)17)15-7-8-4-5-9(13)10(14)6-8/h4-6,11,15H,2-3,7H2,1H3,(H,16,17). The predicted octanol–water partition coefficient (Wildman–Crippen LogP) is 2.31. The Balaban J connectivity index is 2.59. The lowest BCUT2D eigenvalue weighted by Gasteiger charge is -2.13. The van der Waals surface area contributed by atoms with E-state index in [4.69, 9.17) is 5.11 Å². The molecular weight excluding hydrogens is 228 g/mol. The van der Waals surface area contributed by atoms with Crippen LogP contribution >= 0.6 is 0 Å². The number of hydrogen-bond acceptors (Lipinski definition) is 2. The van der Waals surface area contributed by atoms with Crippen LogP contribution in [0.1, 0.15) is 25.3 Å². The Labute approximate surface area is 98.5 Å². The van der Waals surface area contributed by atoms with E-state index in [0.29, 0.717) is 12.0 Å². The first-order chi connectivity index (χ1) is 8.04. The quantitative estimate of drug-likeness (QED) is 0.806. The number of carboxylic acid groups (broad SMARTS) is 1. The van der Waals surface area contributed by atoms with Crippen molar-refractivity contribution >= 4 is 5.97 Å². The van der Waals surface area contributed by atoms with Crippen molar-refractivity contribution < 1.29 is 18.7 Å². The van der Waals surface area contributed by atoms with Gasteiger partial charge in [-0.25, -0.2) is 8.78 Å². The SMILES string of the molecule is CCCC(NCc1ccc(F)c(F)c1)C(=O)O. The van der Waals surface area contributed by atoms with Crippen LogP contribution in [0.3, 0.4) is 0 Å². The Morgan fingerprint density at radius 2 is 2.12 bits per heavy atom. The Morgan fingerprint density at radius 1 is 1.41 bits per heavy atom. The molecule has 0 saturated carbocycles.